The summed E-state index contributed by atoms with van der Waals surface area (Å²) in [6.07, 6.45) is -4.43. The minimum absolute atomic E-state index is 0.0654. The number of alkyl halides is 2. The van der Waals surface area contributed by atoms with E-state index in [9.17, 15) is 13.6 Å². The summed E-state index contributed by atoms with van der Waals surface area (Å²) < 4.78 is 42.1. The molecule has 1 fully saturated rings. The molecule has 0 aliphatic carbocycles. The van der Waals surface area contributed by atoms with Crippen LogP contribution in [0.25, 0.3) is 0 Å². The lowest BCUT2D eigenvalue weighted by atomic mass is 9.76. The third kappa shape index (κ3) is 2.80. The van der Waals surface area contributed by atoms with Crippen molar-refractivity contribution in [2.24, 2.45) is 10.9 Å². The summed E-state index contributed by atoms with van der Waals surface area (Å²) >= 11 is 1.26. The van der Waals surface area contributed by atoms with Gasteiger partial charge in [0, 0.05) is 35.6 Å². The van der Waals surface area contributed by atoms with Gasteiger partial charge in [-0.15, -0.1) is 8.78 Å². The number of hydrogen-bond acceptors (Lipinski definition) is 7. The maximum atomic E-state index is 13.6. The van der Waals surface area contributed by atoms with Crippen molar-refractivity contribution in [3.05, 3.63) is 17.7 Å². The first-order valence-electron chi connectivity index (χ1n) is 7.79. The van der Waals surface area contributed by atoms with Crippen molar-refractivity contribution in [1.82, 2.24) is 5.32 Å². The predicted octanol–water partition coefficient (Wildman–Crippen LogP) is 2.19. The van der Waals surface area contributed by atoms with Gasteiger partial charge in [-0.1, -0.05) is 11.8 Å². The second kappa shape index (κ2) is 5.88. The van der Waals surface area contributed by atoms with Gasteiger partial charge >= 0.3 is 12.4 Å². The summed E-state index contributed by atoms with van der Waals surface area (Å²) in [5.74, 6) is 0.155. The molecule has 3 heterocycles. The summed E-state index contributed by atoms with van der Waals surface area (Å²) in [4.78, 5) is 15.5. The van der Waals surface area contributed by atoms with Crippen LogP contribution >= 0.6 is 11.8 Å². The number of ether oxygens (including phenoxy) is 3. The first-order valence-corrected chi connectivity index (χ1v) is 8.78. The lowest BCUT2D eigenvalue weighted by Crippen LogP contribution is -2.48. The van der Waals surface area contributed by atoms with Crippen molar-refractivity contribution in [2.45, 2.75) is 18.3 Å². The molecule has 1 amide bonds. The molecule has 0 bridgehead atoms. The fraction of sp³-hybridized carbons (Fsp3) is 0.467. The Bertz CT molecular complexity index is 806. The van der Waals surface area contributed by atoms with Gasteiger partial charge in [0.1, 0.15) is 5.54 Å². The number of benzene rings is 1. The highest BCUT2D eigenvalue weighted by Gasteiger charge is 2.52. The molecule has 0 radical (unpaired) electrons. The number of amides is 1. The number of halogens is 2. The van der Waals surface area contributed by atoms with E-state index in [1.54, 1.807) is 0 Å². The Morgan fingerprint density at radius 1 is 1.42 bits per heavy atom. The van der Waals surface area contributed by atoms with Crippen molar-refractivity contribution < 1.29 is 32.9 Å². The number of carboxylic acid groups (broad SMARTS) is 1. The molecule has 0 spiro atoms. The highest BCUT2D eigenvalue weighted by atomic mass is 32.2. The minimum Gasteiger partial charge on any atom is -0.465 e. The largest absolute Gasteiger partial charge is 0.586 e. The molecule has 0 saturated carbocycles. The molecule has 2 atom stereocenters. The summed E-state index contributed by atoms with van der Waals surface area (Å²) in [6.45, 7) is 0.593. The van der Waals surface area contributed by atoms with Gasteiger partial charge in [-0.3, -0.25) is 5.32 Å². The molecule has 140 valence electrons. The summed E-state index contributed by atoms with van der Waals surface area (Å²) in [7, 11) is 0. The Balaban J connectivity index is 1.87. The number of nitrogens with one attached hydrogen (secondary N) is 1. The number of amidine groups is 1. The van der Waals surface area contributed by atoms with Gasteiger partial charge < -0.3 is 25.1 Å². The van der Waals surface area contributed by atoms with Crippen molar-refractivity contribution in [2.75, 3.05) is 24.7 Å². The quantitative estimate of drug-likeness (QED) is 0.633. The number of nitrogens with two attached hydrogens (primary N) is 1. The summed E-state index contributed by atoms with van der Waals surface area (Å²) in [5, 5.41) is 11.4. The van der Waals surface area contributed by atoms with E-state index in [2.05, 4.69) is 15.0 Å². The van der Waals surface area contributed by atoms with E-state index in [-0.39, 0.29) is 34.9 Å². The molecule has 2 unspecified atom stereocenters. The number of carbonyl (C=O) groups is 1. The van der Waals surface area contributed by atoms with Gasteiger partial charge in [0.05, 0.1) is 6.61 Å². The number of rotatable bonds is 1. The van der Waals surface area contributed by atoms with Gasteiger partial charge in [0.2, 0.25) is 0 Å². The Morgan fingerprint density at radius 2 is 2.23 bits per heavy atom. The maximum absolute atomic E-state index is 13.6. The van der Waals surface area contributed by atoms with Gasteiger partial charge in [0.25, 0.3) is 0 Å². The van der Waals surface area contributed by atoms with E-state index >= 15 is 0 Å². The predicted molar refractivity (Wildman–Crippen MR) is 88.7 cm³/mol. The first-order chi connectivity index (χ1) is 12.3. The van der Waals surface area contributed by atoms with Crippen LogP contribution in [0.4, 0.5) is 19.3 Å². The second-order valence-corrected chi connectivity index (χ2v) is 7.19. The monoisotopic (exact) mass is 387 g/mol. The smallest absolute Gasteiger partial charge is 0.465 e. The van der Waals surface area contributed by atoms with Crippen molar-refractivity contribution >= 4 is 28.7 Å². The van der Waals surface area contributed by atoms with Crippen LogP contribution in [0.1, 0.15) is 12.0 Å². The number of nitrogens with zero attached hydrogens (tertiary/aromatic N) is 1. The van der Waals surface area contributed by atoms with E-state index in [1.165, 1.54) is 23.9 Å². The molecular formula is C15H15F2N3O5S. The SMILES string of the molecule is Nc1cc2c(c(C34COCCC3CSC(NC(=O)O)=N4)c1)OC(F)(F)O2. The molecule has 4 rings (SSSR count). The average Bonchev–Trinajstić information content (AvgIpc) is 2.86. The van der Waals surface area contributed by atoms with E-state index < -0.39 is 17.9 Å². The van der Waals surface area contributed by atoms with E-state index in [4.69, 9.17) is 20.3 Å². The number of thioether (sulfide) groups is 1. The normalized spacial score (nSPS) is 28.8. The molecule has 3 aliphatic heterocycles. The van der Waals surface area contributed by atoms with E-state index in [1.807, 2.05) is 0 Å². The van der Waals surface area contributed by atoms with Gasteiger partial charge in [-0.25, -0.2) is 9.79 Å². The molecule has 1 aromatic carbocycles. The van der Waals surface area contributed by atoms with Crippen LogP contribution in [0.15, 0.2) is 17.1 Å². The molecule has 11 heteroatoms. The van der Waals surface area contributed by atoms with Crippen molar-refractivity contribution in [3.8, 4) is 11.5 Å². The number of aliphatic imine (C=N–C) groups is 1. The number of fused-ring (bicyclic) bond motifs is 2. The minimum atomic E-state index is -3.80. The lowest BCUT2D eigenvalue weighted by molar-refractivity contribution is -0.287. The molecule has 3 aliphatic rings. The topological polar surface area (TPSA) is 115 Å². The lowest BCUT2D eigenvalue weighted by Gasteiger charge is -2.44. The zero-order valence-corrected chi connectivity index (χ0v) is 14.1. The van der Waals surface area contributed by atoms with Crippen LogP contribution < -0.4 is 20.5 Å². The Hall–Kier alpha value is -2.27. The van der Waals surface area contributed by atoms with Crippen LogP contribution in [-0.2, 0) is 10.3 Å². The third-order valence-corrected chi connectivity index (χ3v) is 5.57. The highest BCUT2D eigenvalue weighted by Crippen LogP contribution is 2.53. The highest BCUT2D eigenvalue weighted by molar-refractivity contribution is 8.13. The second-order valence-electron chi connectivity index (χ2n) is 6.18. The van der Waals surface area contributed by atoms with E-state index in [0.29, 0.717) is 24.3 Å². The van der Waals surface area contributed by atoms with Crippen LogP contribution in [0.5, 0.6) is 11.5 Å². The molecule has 0 aromatic heterocycles. The van der Waals surface area contributed by atoms with Crippen LogP contribution in [-0.4, -0.2) is 41.6 Å². The molecule has 8 nitrogen and oxygen atoms in total. The first kappa shape index (κ1) is 17.2. The fourth-order valence-corrected chi connectivity index (χ4v) is 4.64. The average molecular weight is 387 g/mol. The fourth-order valence-electron chi connectivity index (χ4n) is 3.46. The van der Waals surface area contributed by atoms with Gasteiger partial charge in [-0.05, 0) is 12.5 Å². The Kier molecular flexibility index (Phi) is 3.88. The number of anilines is 1. The Labute approximate surface area is 150 Å². The molecule has 1 saturated heterocycles. The molecule has 26 heavy (non-hydrogen) atoms. The van der Waals surface area contributed by atoms with Crippen molar-refractivity contribution in [1.29, 1.82) is 0 Å². The Morgan fingerprint density at radius 3 is 3.00 bits per heavy atom. The molecular weight excluding hydrogens is 372 g/mol. The summed E-state index contributed by atoms with van der Waals surface area (Å²) in [6, 6.07) is 2.76. The zero-order valence-electron chi connectivity index (χ0n) is 13.3. The van der Waals surface area contributed by atoms with Gasteiger partial charge in [-0.2, -0.15) is 0 Å². The number of hydrogen-bond donors (Lipinski definition) is 3. The molecule has 1 aromatic rings. The third-order valence-electron chi connectivity index (χ3n) is 4.54. The maximum Gasteiger partial charge on any atom is 0.586 e. The van der Waals surface area contributed by atoms with Gasteiger partial charge in [0.15, 0.2) is 16.7 Å². The van der Waals surface area contributed by atoms with Crippen molar-refractivity contribution in [3.63, 3.8) is 0 Å². The zero-order chi connectivity index (χ0) is 18.5. The van der Waals surface area contributed by atoms with E-state index in [0.717, 1.165) is 0 Å². The van der Waals surface area contributed by atoms with Crippen LogP contribution in [0, 0.1) is 5.92 Å². The summed E-state index contributed by atoms with van der Waals surface area (Å²) in [5.41, 5.74) is 5.30. The number of nitrogen functional groups attached to an aromatic ring is 1. The standard InChI is InChI=1S/C15H15F2N3O5S/c16-15(17)24-10-4-8(18)3-9(11(10)25-15)14-6-23-2-1-7(14)5-26-12(20-14)19-13(21)22/h3-4,7H,1-2,5-6,18H2,(H,19,20)(H,21,22). The van der Waals surface area contributed by atoms with Crippen LogP contribution in [0.2, 0.25) is 0 Å². The molecule has 4 N–H and O–H groups in total. The van der Waals surface area contributed by atoms with Crippen LogP contribution in [0.3, 0.4) is 0 Å².